The van der Waals surface area contributed by atoms with Crippen LogP contribution in [0.1, 0.15) is 5.82 Å². The zero-order valence-electron chi connectivity index (χ0n) is 12.5. The number of nitrogens with one attached hydrogen (secondary N) is 2. The second-order valence-electron chi connectivity index (χ2n) is 4.81. The molecule has 0 spiro atoms. The first-order valence-electron chi connectivity index (χ1n) is 6.88. The molecule has 24 heavy (non-hydrogen) atoms. The zero-order chi connectivity index (χ0) is 17.1. The number of carbonyl (C=O) groups excluding carboxylic acids is 1. The van der Waals surface area contributed by atoms with Crippen molar-refractivity contribution in [3.63, 3.8) is 0 Å². The first kappa shape index (κ1) is 16.2. The van der Waals surface area contributed by atoms with E-state index in [0.29, 0.717) is 27.4 Å². The summed E-state index contributed by atoms with van der Waals surface area (Å²) in [6.07, 6.45) is 4.81. The van der Waals surface area contributed by atoms with Crippen LogP contribution in [0.25, 0.3) is 5.82 Å². The second-order valence-corrected chi connectivity index (χ2v) is 5.63. The highest BCUT2D eigenvalue weighted by Crippen LogP contribution is 2.25. The fraction of sp³-hybridized carbons (Fsp3) is 0.0667. The summed E-state index contributed by atoms with van der Waals surface area (Å²) in [6.45, 7) is 1.85. The second kappa shape index (κ2) is 6.86. The average Bonchev–Trinajstić information content (AvgIpc) is 2.97. The number of rotatable bonds is 3. The standard InChI is InChI=1S/C15H12Cl2N6O/c1-9-18-4-5-23(9)14-7-13(19-8-20-14)22-15(24)21-10-2-3-11(16)12(17)6-10/h2-8H,1H3,(H2,19,20,21,22,24). The molecule has 0 saturated heterocycles. The van der Waals surface area contributed by atoms with E-state index in [9.17, 15) is 4.79 Å². The Morgan fingerprint density at radius 2 is 1.92 bits per heavy atom. The third-order valence-corrected chi connectivity index (χ3v) is 3.88. The maximum absolute atomic E-state index is 12.1. The number of nitrogens with zero attached hydrogens (tertiary/aromatic N) is 4. The van der Waals surface area contributed by atoms with Crippen molar-refractivity contribution in [1.29, 1.82) is 0 Å². The molecule has 2 aromatic heterocycles. The molecule has 3 rings (SSSR count). The SMILES string of the molecule is Cc1nccn1-c1cc(NC(=O)Nc2ccc(Cl)c(Cl)c2)ncn1. The summed E-state index contributed by atoms with van der Waals surface area (Å²) in [5.41, 5.74) is 0.515. The van der Waals surface area contributed by atoms with Crippen molar-refractivity contribution < 1.29 is 4.79 Å². The van der Waals surface area contributed by atoms with Gasteiger partial charge in [-0.25, -0.2) is 19.7 Å². The molecule has 0 radical (unpaired) electrons. The Hall–Kier alpha value is -2.64. The smallest absolute Gasteiger partial charge is 0.308 e. The van der Waals surface area contributed by atoms with Gasteiger partial charge in [0, 0.05) is 24.1 Å². The van der Waals surface area contributed by atoms with Gasteiger partial charge in [0.2, 0.25) is 0 Å². The minimum atomic E-state index is -0.458. The fourth-order valence-corrected chi connectivity index (χ4v) is 2.32. The number of aryl methyl sites for hydroxylation is 1. The fourth-order valence-electron chi connectivity index (χ4n) is 2.02. The van der Waals surface area contributed by atoms with Gasteiger partial charge in [-0.2, -0.15) is 0 Å². The number of aromatic nitrogens is 4. The molecular weight excluding hydrogens is 351 g/mol. The van der Waals surface area contributed by atoms with Crippen molar-refractivity contribution in [3.05, 3.63) is 58.9 Å². The molecule has 2 heterocycles. The van der Waals surface area contributed by atoms with Crippen LogP contribution in [-0.2, 0) is 0 Å². The molecule has 1 aromatic carbocycles. The highest BCUT2D eigenvalue weighted by molar-refractivity contribution is 6.42. The lowest BCUT2D eigenvalue weighted by Crippen LogP contribution is -2.20. The maximum atomic E-state index is 12.1. The molecule has 0 aliphatic rings. The minimum Gasteiger partial charge on any atom is -0.308 e. The van der Waals surface area contributed by atoms with Gasteiger partial charge in [-0.3, -0.25) is 9.88 Å². The van der Waals surface area contributed by atoms with E-state index >= 15 is 0 Å². The summed E-state index contributed by atoms with van der Waals surface area (Å²) in [5.74, 6) is 1.73. The van der Waals surface area contributed by atoms with Gasteiger partial charge in [0.25, 0.3) is 0 Å². The molecule has 2 amide bonds. The predicted molar refractivity (Wildman–Crippen MR) is 93.0 cm³/mol. The van der Waals surface area contributed by atoms with Crippen LogP contribution < -0.4 is 10.6 Å². The van der Waals surface area contributed by atoms with Gasteiger partial charge < -0.3 is 5.32 Å². The summed E-state index contributed by atoms with van der Waals surface area (Å²) < 4.78 is 1.78. The molecule has 3 aromatic rings. The largest absolute Gasteiger partial charge is 0.324 e. The van der Waals surface area contributed by atoms with Crippen LogP contribution >= 0.6 is 23.2 Å². The summed E-state index contributed by atoms with van der Waals surface area (Å²) in [5, 5.41) is 6.06. The Kier molecular flexibility index (Phi) is 4.64. The van der Waals surface area contributed by atoms with Gasteiger partial charge in [-0.05, 0) is 25.1 Å². The topological polar surface area (TPSA) is 84.7 Å². The molecule has 0 unspecified atom stereocenters. The quantitative estimate of drug-likeness (QED) is 0.739. The minimum absolute atomic E-state index is 0.352. The third-order valence-electron chi connectivity index (χ3n) is 3.14. The number of benzene rings is 1. The van der Waals surface area contributed by atoms with E-state index in [2.05, 4.69) is 25.6 Å². The van der Waals surface area contributed by atoms with Crippen molar-refractivity contribution in [2.75, 3.05) is 10.6 Å². The lowest BCUT2D eigenvalue weighted by molar-refractivity contribution is 0.262. The number of carbonyl (C=O) groups is 1. The van der Waals surface area contributed by atoms with Gasteiger partial charge in [0.1, 0.15) is 23.8 Å². The molecule has 0 fully saturated rings. The van der Waals surface area contributed by atoms with E-state index in [1.807, 2.05) is 6.92 Å². The Bertz CT molecular complexity index is 895. The normalized spacial score (nSPS) is 10.5. The van der Waals surface area contributed by atoms with Crippen LogP contribution in [0.3, 0.4) is 0 Å². The lowest BCUT2D eigenvalue weighted by atomic mass is 10.3. The van der Waals surface area contributed by atoms with E-state index in [1.54, 1.807) is 41.2 Å². The predicted octanol–water partition coefficient (Wildman–Crippen LogP) is 3.92. The van der Waals surface area contributed by atoms with E-state index in [1.165, 1.54) is 6.33 Å². The average molecular weight is 363 g/mol. The van der Waals surface area contributed by atoms with Crippen molar-refractivity contribution >= 4 is 40.7 Å². The molecule has 0 aliphatic heterocycles. The van der Waals surface area contributed by atoms with Crippen molar-refractivity contribution in [2.24, 2.45) is 0 Å². The molecule has 122 valence electrons. The number of amides is 2. The molecule has 0 aliphatic carbocycles. The number of hydrogen-bond donors (Lipinski definition) is 2. The van der Waals surface area contributed by atoms with Gasteiger partial charge in [0.15, 0.2) is 0 Å². The van der Waals surface area contributed by atoms with Gasteiger partial charge in [0.05, 0.1) is 10.0 Å². The van der Waals surface area contributed by atoms with Crippen molar-refractivity contribution in [2.45, 2.75) is 6.92 Å². The molecule has 0 atom stereocenters. The van der Waals surface area contributed by atoms with Crippen LogP contribution in [0.4, 0.5) is 16.3 Å². The summed E-state index contributed by atoms with van der Waals surface area (Å²) in [7, 11) is 0. The molecule has 0 saturated carbocycles. The molecule has 9 heteroatoms. The highest BCUT2D eigenvalue weighted by Gasteiger charge is 2.08. The molecular formula is C15H12Cl2N6O. The first-order chi connectivity index (χ1) is 11.5. The van der Waals surface area contributed by atoms with Gasteiger partial charge in [-0.1, -0.05) is 23.2 Å². The number of imidazole rings is 1. The Balaban J connectivity index is 1.72. The summed E-state index contributed by atoms with van der Waals surface area (Å²) >= 11 is 11.8. The van der Waals surface area contributed by atoms with Crippen LogP contribution in [-0.4, -0.2) is 25.6 Å². The summed E-state index contributed by atoms with van der Waals surface area (Å²) in [6, 6.07) is 5.99. The number of hydrogen-bond acceptors (Lipinski definition) is 4. The highest BCUT2D eigenvalue weighted by atomic mass is 35.5. The lowest BCUT2D eigenvalue weighted by Gasteiger charge is -2.09. The molecule has 7 nitrogen and oxygen atoms in total. The van der Waals surface area contributed by atoms with Crippen LogP contribution in [0.5, 0.6) is 0 Å². The van der Waals surface area contributed by atoms with Crippen molar-refractivity contribution in [3.8, 4) is 5.82 Å². The van der Waals surface area contributed by atoms with E-state index in [4.69, 9.17) is 23.2 Å². The zero-order valence-corrected chi connectivity index (χ0v) is 14.0. The number of urea groups is 1. The van der Waals surface area contributed by atoms with Gasteiger partial charge >= 0.3 is 6.03 Å². The van der Waals surface area contributed by atoms with Crippen LogP contribution in [0, 0.1) is 6.92 Å². The molecule has 0 bridgehead atoms. The van der Waals surface area contributed by atoms with E-state index < -0.39 is 6.03 Å². The summed E-state index contributed by atoms with van der Waals surface area (Å²) in [4.78, 5) is 24.4. The van der Waals surface area contributed by atoms with Gasteiger partial charge in [-0.15, -0.1) is 0 Å². The van der Waals surface area contributed by atoms with E-state index in [-0.39, 0.29) is 0 Å². The molecule has 2 N–H and O–H groups in total. The third kappa shape index (κ3) is 3.64. The monoisotopic (exact) mass is 362 g/mol. The first-order valence-corrected chi connectivity index (χ1v) is 7.64. The Morgan fingerprint density at radius 1 is 1.08 bits per heavy atom. The Morgan fingerprint density at radius 3 is 2.62 bits per heavy atom. The Labute approximate surface area is 147 Å². The number of halogens is 2. The maximum Gasteiger partial charge on any atom is 0.324 e. The number of anilines is 2. The van der Waals surface area contributed by atoms with E-state index in [0.717, 1.165) is 5.82 Å². The van der Waals surface area contributed by atoms with Crippen LogP contribution in [0.15, 0.2) is 43.0 Å². The van der Waals surface area contributed by atoms with Crippen molar-refractivity contribution in [1.82, 2.24) is 19.5 Å². The van der Waals surface area contributed by atoms with Crippen LogP contribution in [0.2, 0.25) is 10.0 Å².